The Morgan fingerprint density at radius 3 is 0.866 bits per heavy atom. The molecule has 4 heterocycles. The maximum atomic E-state index is 7.01. The summed E-state index contributed by atoms with van der Waals surface area (Å²) in [5.41, 5.74) is 2.78. The van der Waals surface area contributed by atoms with E-state index in [4.69, 9.17) is 46.1 Å². The number of fused-ring (bicyclic) bond motifs is 4. The first kappa shape index (κ1) is 45.2. The molecule has 0 bridgehead atoms. The van der Waals surface area contributed by atoms with Crippen LogP contribution in [0, 0.1) is 0 Å². The monoisotopic (exact) mass is 956 g/mol. The molecule has 4 aliphatic rings. The van der Waals surface area contributed by atoms with Crippen LogP contribution in [0.2, 0.25) is 13.1 Å². The van der Waals surface area contributed by atoms with E-state index in [0.717, 1.165) is 58.3 Å². The zero-order valence-electron chi connectivity index (χ0n) is 39.9. The Morgan fingerprint density at radius 2 is 0.582 bits per heavy atom. The standard InChI is InChI=1S/C54H58O10P2Si/c1-51(2)31-35-19-15-25-41(47(35)55-51)61-65(62-42-26-16-20-36-32-52(3,4)56-48(36)42)59-39-23-11-13-29-45(39)67(9,10)46-30-14-12-24-40(46)60-66(63-43-27-17-21-37-33-53(5,6)57-49(37)43)64-44-28-18-22-38-34-54(7,8)58-50(38)44/h11-30H,31-34H2,1-10H3. The van der Waals surface area contributed by atoms with Crippen LogP contribution in [0.5, 0.6) is 57.5 Å². The van der Waals surface area contributed by atoms with Gasteiger partial charge in [0.2, 0.25) is 0 Å². The fraction of sp³-hybridized carbons (Fsp3) is 0.333. The van der Waals surface area contributed by atoms with Crippen LogP contribution in [0.25, 0.3) is 0 Å². The van der Waals surface area contributed by atoms with Gasteiger partial charge in [-0.3, -0.25) is 0 Å². The van der Waals surface area contributed by atoms with Crippen LogP contribution in [-0.4, -0.2) is 30.5 Å². The maximum absolute atomic E-state index is 7.01. The Balaban J connectivity index is 0.995. The number of rotatable bonds is 14. The highest BCUT2D eigenvalue weighted by Gasteiger charge is 2.41. The van der Waals surface area contributed by atoms with E-state index in [2.05, 4.69) is 105 Å². The molecule has 10 nitrogen and oxygen atoms in total. The van der Waals surface area contributed by atoms with Crippen LogP contribution in [-0.2, 0) is 25.7 Å². The maximum Gasteiger partial charge on any atom is 0.530 e. The quantitative estimate of drug-likeness (QED) is 0.0776. The topological polar surface area (TPSA) is 92.3 Å². The van der Waals surface area contributed by atoms with E-state index in [1.54, 1.807) is 0 Å². The van der Waals surface area contributed by atoms with Gasteiger partial charge in [-0.1, -0.05) is 98.0 Å². The highest BCUT2D eigenvalue weighted by atomic mass is 31.2. The molecule has 6 aromatic rings. The summed E-state index contributed by atoms with van der Waals surface area (Å²) in [7, 11) is -6.99. The number of hydrogen-bond acceptors (Lipinski definition) is 10. The highest BCUT2D eigenvalue weighted by Crippen LogP contribution is 2.54. The Hall–Kier alpha value is -5.60. The summed E-state index contributed by atoms with van der Waals surface area (Å²) in [5.74, 6) is 6.29. The lowest BCUT2D eigenvalue weighted by Gasteiger charge is -2.29. The van der Waals surface area contributed by atoms with Crippen molar-refractivity contribution in [1.29, 1.82) is 0 Å². The van der Waals surface area contributed by atoms with Crippen molar-refractivity contribution < 1.29 is 46.1 Å². The molecular weight excluding hydrogens is 899 g/mol. The molecule has 0 fully saturated rings. The first-order chi connectivity index (χ1) is 31.8. The van der Waals surface area contributed by atoms with Gasteiger partial charge in [-0.15, -0.1) is 0 Å². The molecule has 6 aromatic carbocycles. The van der Waals surface area contributed by atoms with Crippen LogP contribution in [0.3, 0.4) is 0 Å². The van der Waals surface area contributed by atoms with E-state index >= 15 is 0 Å². The minimum Gasteiger partial charge on any atom is -0.483 e. The zero-order valence-corrected chi connectivity index (χ0v) is 42.6. The number of benzene rings is 6. The Kier molecular flexibility index (Phi) is 11.4. The Morgan fingerprint density at radius 1 is 0.343 bits per heavy atom. The van der Waals surface area contributed by atoms with Gasteiger partial charge in [-0.05, 0) is 102 Å². The summed E-state index contributed by atoms with van der Waals surface area (Å²) in [6.45, 7) is 21.2. The number of hydrogen-bond donors (Lipinski definition) is 0. The third-order valence-electron chi connectivity index (χ3n) is 12.4. The van der Waals surface area contributed by atoms with Crippen molar-refractivity contribution in [2.24, 2.45) is 0 Å². The van der Waals surface area contributed by atoms with Gasteiger partial charge in [-0.2, -0.15) is 0 Å². The molecule has 0 saturated carbocycles. The van der Waals surface area contributed by atoms with Crippen LogP contribution in [0.4, 0.5) is 0 Å². The predicted octanol–water partition coefficient (Wildman–Crippen LogP) is 12.9. The lowest BCUT2D eigenvalue weighted by atomic mass is 10.0. The molecule has 0 radical (unpaired) electrons. The summed E-state index contributed by atoms with van der Waals surface area (Å²) in [6.07, 6.45) is 3.04. The third-order valence-corrected chi connectivity index (χ3v) is 18.0. The van der Waals surface area contributed by atoms with Gasteiger partial charge in [0, 0.05) is 47.9 Å². The van der Waals surface area contributed by atoms with Gasteiger partial charge in [0.15, 0.2) is 46.0 Å². The minimum absolute atomic E-state index is 0.377. The van der Waals surface area contributed by atoms with Crippen molar-refractivity contribution in [2.45, 2.75) is 117 Å². The van der Waals surface area contributed by atoms with Gasteiger partial charge in [0.25, 0.3) is 0 Å². The second-order valence-electron chi connectivity index (χ2n) is 20.7. The van der Waals surface area contributed by atoms with Crippen LogP contribution < -0.4 is 56.5 Å². The fourth-order valence-electron chi connectivity index (χ4n) is 9.50. The summed E-state index contributed by atoms with van der Waals surface area (Å²) in [4.78, 5) is 0. The summed E-state index contributed by atoms with van der Waals surface area (Å²) < 4.78 is 67.1. The average Bonchev–Trinajstić information content (AvgIpc) is 3.98. The van der Waals surface area contributed by atoms with Gasteiger partial charge in [0.05, 0.1) is 0 Å². The van der Waals surface area contributed by atoms with Crippen LogP contribution in [0.1, 0.15) is 77.6 Å². The average molecular weight is 957 g/mol. The van der Waals surface area contributed by atoms with E-state index in [0.29, 0.717) is 57.5 Å². The second kappa shape index (κ2) is 16.9. The van der Waals surface area contributed by atoms with E-state index in [-0.39, 0.29) is 22.4 Å². The molecule has 4 aliphatic heterocycles. The largest absolute Gasteiger partial charge is 0.530 e. The van der Waals surface area contributed by atoms with Crippen molar-refractivity contribution in [3.8, 4) is 57.5 Å². The van der Waals surface area contributed by atoms with Gasteiger partial charge in [0.1, 0.15) is 42.0 Å². The van der Waals surface area contributed by atoms with Crippen molar-refractivity contribution in [3.63, 3.8) is 0 Å². The zero-order chi connectivity index (χ0) is 46.9. The minimum atomic E-state index is -2.74. The van der Waals surface area contributed by atoms with Crippen molar-refractivity contribution in [2.75, 3.05) is 0 Å². The van der Waals surface area contributed by atoms with Gasteiger partial charge in [-0.25, -0.2) is 0 Å². The lowest BCUT2D eigenvalue weighted by molar-refractivity contribution is 0.134. The predicted molar refractivity (Wildman–Crippen MR) is 267 cm³/mol. The van der Waals surface area contributed by atoms with Gasteiger partial charge < -0.3 is 46.1 Å². The SMILES string of the molecule is CC1(C)Cc2cccc(OP(Oc3ccccc3[Si](C)(C)c3ccccc3OP(Oc3cccc4c3OC(C)(C)C4)Oc3cccc4c3OC(C)(C)C4)Oc3cccc4c3OC(C)(C)C4)c2O1. The highest BCUT2D eigenvalue weighted by molar-refractivity contribution is 7.43. The number of ether oxygens (including phenoxy) is 4. The molecule has 0 aliphatic carbocycles. The molecule has 348 valence electrons. The molecule has 0 aromatic heterocycles. The fourth-order valence-corrected chi connectivity index (χ4v) is 14.6. The van der Waals surface area contributed by atoms with Gasteiger partial charge >= 0.3 is 17.2 Å². The molecule has 67 heavy (non-hydrogen) atoms. The molecule has 13 heteroatoms. The first-order valence-electron chi connectivity index (χ1n) is 22.9. The van der Waals surface area contributed by atoms with Crippen LogP contribution in [0.15, 0.2) is 121 Å². The van der Waals surface area contributed by atoms with E-state index in [9.17, 15) is 0 Å². The summed E-state index contributed by atoms with van der Waals surface area (Å²) in [6, 6.07) is 40.1. The Bertz CT molecular complexity index is 2530. The molecule has 0 spiro atoms. The molecule has 0 N–H and O–H groups in total. The molecule has 0 atom stereocenters. The molecule has 0 saturated heterocycles. The second-order valence-corrected chi connectivity index (χ2v) is 27.1. The van der Waals surface area contributed by atoms with Crippen molar-refractivity contribution >= 4 is 35.7 Å². The van der Waals surface area contributed by atoms with E-state index in [1.807, 2.05) is 84.9 Å². The summed E-state index contributed by atoms with van der Waals surface area (Å²) >= 11 is 0. The normalized spacial score (nSPS) is 17.5. The van der Waals surface area contributed by atoms with Crippen LogP contribution >= 0.6 is 17.2 Å². The smallest absolute Gasteiger partial charge is 0.483 e. The first-order valence-corrected chi connectivity index (χ1v) is 28.1. The third kappa shape index (κ3) is 9.35. The van der Waals surface area contributed by atoms with E-state index < -0.39 is 25.3 Å². The molecule has 0 amide bonds. The van der Waals surface area contributed by atoms with Crippen molar-refractivity contribution in [3.05, 3.63) is 144 Å². The lowest BCUT2D eigenvalue weighted by Crippen LogP contribution is -2.53. The van der Waals surface area contributed by atoms with Crippen molar-refractivity contribution in [1.82, 2.24) is 0 Å². The number of para-hydroxylation sites is 6. The summed E-state index contributed by atoms with van der Waals surface area (Å²) in [5, 5.41) is 2.02. The van der Waals surface area contributed by atoms with E-state index in [1.165, 1.54) is 0 Å². The molecular formula is C54H58O10P2Si. The molecule has 0 unspecified atom stereocenters. The molecule has 10 rings (SSSR count). The Labute approximate surface area is 397 Å².